The summed E-state index contributed by atoms with van der Waals surface area (Å²) in [4.78, 5) is 22.9. The number of nitro groups is 1. The Morgan fingerprint density at radius 1 is 1.00 bits per heavy atom. The highest BCUT2D eigenvalue weighted by atomic mass is 32.2. The Labute approximate surface area is 186 Å². The average Bonchev–Trinajstić information content (AvgIpc) is 3.27. The van der Waals surface area contributed by atoms with Crippen LogP contribution in [-0.2, 0) is 10.0 Å². The zero-order valence-electron chi connectivity index (χ0n) is 17.6. The van der Waals surface area contributed by atoms with Gasteiger partial charge in [-0.15, -0.1) is 0 Å². The van der Waals surface area contributed by atoms with Crippen LogP contribution < -0.4 is 0 Å². The summed E-state index contributed by atoms with van der Waals surface area (Å²) in [5.74, 6) is 0.649. The fourth-order valence-corrected chi connectivity index (χ4v) is 4.56. The Balaban J connectivity index is 1.71. The minimum absolute atomic E-state index is 0.0121. The molecule has 8 nitrogen and oxygen atoms in total. The summed E-state index contributed by atoms with van der Waals surface area (Å²) in [6.45, 7) is 4.28. The van der Waals surface area contributed by atoms with Crippen LogP contribution in [0.4, 0.5) is 5.69 Å². The summed E-state index contributed by atoms with van der Waals surface area (Å²) in [5, 5.41) is 10.8. The number of allylic oxidation sites excluding steroid dienone is 1. The summed E-state index contributed by atoms with van der Waals surface area (Å²) in [6, 6.07) is 15.1. The number of hydrogen-bond donors (Lipinski definition) is 0. The fraction of sp³-hybridized carbons (Fsp3) is 0.174. The number of benzene rings is 2. The standard InChI is InChI=1S/C23H22N2O6S/c1-3-24(4-2)32(29,30)21-13-7-17(8-14-21)22(26)15-11-20-12-16-23(31-20)18-5-9-19(10-6-18)25(27)28/h5-16H,3-4H2,1-2H3. The van der Waals surface area contributed by atoms with Gasteiger partial charge in [0, 0.05) is 36.3 Å². The smallest absolute Gasteiger partial charge is 0.269 e. The summed E-state index contributed by atoms with van der Waals surface area (Å²) in [7, 11) is -3.58. The summed E-state index contributed by atoms with van der Waals surface area (Å²) >= 11 is 0. The fourth-order valence-electron chi connectivity index (χ4n) is 3.10. The van der Waals surface area contributed by atoms with Gasteiger partial charge in [0.25, 0.3) is 5.69 Å². The van der Waals surface area contributed by atoms with E-state index in [9.17, 15) is 23.3 Å². The van der Waals surface area contributed by atoms with Gasteiger partial charge in [-0.05, 0) is 60.7 Å². The third-order valence-corrected chi connectivity index (χ3v) is 6.93. The molecule has 166 valence electrons. The second kappa shape index (κ2) is 9.71. The normalized spacial score (nSPS) is 11.8. The van der Waals surface area contributed by atoms with Crippen LogP contribution in [0.5, 0.6) is 0 Å². The van der Waals surface area contributed by atoms with Crippen LogP contribution in [0.1, 0.15) is 30.0 Å². The van der Waals surface area contributed by atoms with Crippen molar-refractivity contribution in [3.63, 3.8) is 0 Å². The lowest BCUT2D eigenvalue weighted by Crippen LogP contribution is -2.30. The molecule has 32 heavy (non-hydrogen) atoms. The lowest BCUT2D eigenvalue weighted by Gasteiger charge is -2.18. The van der Waals surface area contributed by atoms with Crippen molar-refractivity contribution < 1.29 is 22.6 Å². The van der Waals surface area contributed by atoms with Gasteiger partial charge < -0.3 is 4.42 Å². The van der Waals surface area contributed by atoms with E-state index < -0.39 is 14.9 Å². The highest BCUT2D eigenvalue weighted by molar-refractivity contribution is 7.89. The highest BCUT2D eigenvalue weighted by Crippen LogP contribution is 2.25. The molecule has 0 unspecified atom stereocenters. The molecule has 0 aliphatic carbocycles. The van der Waals surface area contributed by atoms with E-state index in [0.29, 0.717) is 35.7 Å². The molecule has 0 radical (unpaired) electrons. The van der Waals surface area contributed by atoms with E-state index in [-0.39, 0.29) is 16.4 Å². The van der Waals surface area contributed by atoms with E-state index in [1.165, 1.54) is 52.9 Å². The van der Waals surface area contributed by atoms with Gasteiger partial charge in [0.2, 0.25) is 10.0 Å². The second-order valence-electron chi connectivity index (χ2n) is 6.82. The highest BCUT2D eigenvalue weighted by Gasteiger charge is 2.21. The summed E-state index contributed by atoms with van der Waals surface area (Å²) in [6.07, 6.45) is 2.85. The Hall–Kier alpha value is -3.56. The van der Waals surface area contributed by atoms with Crippen LogP contribution in [-0.4, -0.2) is 36.5 Å². The van der Waals surface area contributed by atoms with Crippen molar-refractivity contribution in [2.45, 2.75) is 18.7 Å². The van der Waals surface area contributed by atoms with Crippen molar-refractivity contribution in [3.8, 4) is 11.3 Å². The lowest BCUT2D eigenvalue weighted by molar-refractivity contribution is -0.384. The summed E-state index contributed by atoms with van der Waals surface area (Å²) < 4.78 is 32.1. The van der Waals surface area contributed by atoms with E-state index in [1.807, 2.05) is 0 Å². The number of non-ortho nitro benzene ring substituents is 1. The van der Waals surface area contributed by atoms with Gasteiger partial charge >= 0.3 is 0 Å². The van der Waals surface area contributed by atoms with Crippen LogP contribution >= 0.6 is 0 Å². The molecule has 0 saturated carbocycles. The third-order valence-electron chi connectivity index (χ3n) is 4.87. The van der Waals surface area contributed by atoms with Crippen LogP contribution in [0.15, 0.2) is 76.1 Å². The maximum Gasteiger partial charge on any atom is 0.269 e. The topological polar surface area (TPSA) is 111 Å². The van der Waals surface area contributed by atoms with Crippen molar-refractivity contribution in [1.29, 1.82) is 0 Å². The van der Waals surface area contributed by atoms with Gasteiger partial charge in [-0.25, -0.2) is 8.42 Å². The zero-order valence-corrected chi connectivity index (χ0v) is 18.4. The second-order valence-corrected chi connectivity index (χ2v) is 8.76. The van der Waals surface area contributed by atoms with Gasteiger partial charge in [0.05, 0.1) is 9.82 Å². The SMILES string of the molecule is CCN(CC)S(=O)(=O)c1ccc(C(=O)C=Cc2ccc(-c3ccc([N+](=O)[O-])cc3)o2)cc1. The summed E-state index contributed by atoms with van der Waals surface area (Å²) in [5.41, 5.74) is 1.01. The van der Waals surface area contributed by atoms with Gasteiger partial charge in [-0.1, -0.05) is 13.8 Å². The van der Waals surface area contributed by atoms with Crippen molar-refractivity contribution in [3.05, 3.63) is 88.2 Å². The number of rotatable bonds is 9. The van der Waals surface area contributed by atoms with Crippen molar-refractivity contribution in [2.24, 2.45) is 0 Å². The average molecular weight is 455 g/mol. The number of hydrogen-bond acceptors (Lipinski definition) is 6. The molecule has 3 rings (SSSR count). The number of sulfonamides is 1. The quantitative estimate of drug-likeness (QED) is 0.199. The number of furan rings is 1. The molecule has 0 amide bonds. The molecule has 1 aromatic heterocycles. The number of nitrogens with zero attached hydrogens (tertiary/aromatic N) is 2. The van der Waals surface area contributed by atoms with E-state index in [1.54, 1.807) is 38.1 Å². The molecule has 0 N–H and O–H groups in total. The number of carbonyl (C=O) groups excluding carboxylic acids is 1. The van der Waals surface area contributed by atoms with Gasteiger partial charge in [0.1, 0.15) is 11.5 Å². The molecule has 1 heterocycles. The lowest BCUT2D eigenvalue weighted by atomic mass is 10.1. The van der Waals surface area contributed by atoms with Crippen LogP contribution in [0.25, 0.3) is 17.4 Å². The van der Waals surface area contributed by atoms with Gasteiger partial charge in [-0.2, -0.15) is 4.31 Å². The first-order chi connectivity index (χ1) is 15.3. The molecule has 0 spiro atoms. The first-order valence-electron chi connectivity index (χ1n) is 9.93. The van der Waals surface area contributed by atoms with Crippen molar-refractivity contribution in [1.82, 2.24) is 4.31 Å². The number of ketones is 1. The molecule has 9 heteroatoms. The molecule has 0 aliphatic rings. The monoisotopic (exact) mass is 454 g/mol. The molecular formula is C23H22N2O6S. The van der Waals surface area contributed by atoms with Crippen molar-refractivity contribution in [2.75, 3.05) is 13.1 Å². The molecule has 2 aromatic carbocycles. The molecular weight excluding hydrogens is 432 g/mol. The van der Waals surface area contributed by atoms with Crippen LogP contribution in [0, 0.1) is 10.1 Å². The Bertz CT molecular complexity index is 1240. The van der Waals surface area contributed by atoms with E-state index >= 15 is 0 Å². The van der Waals surface area contributed by atoms with Gasteiger partial charge in [-0.3, -0.25) is 14.9 Å². The molecule has 0 atom stereocenters. The zero-order chi connectivity index (χ0) is 23.3. The van der Waals surface area contributed by atoms with Crippen molar-refractivity contribution >= 4 is 27.6 Å². The van der Waals surface area contributed by atoms with Gasteiger partial charge in [0.15, 0.2) is 5.78 Å². The number of carbonyl (C=O) groups is 1. The predicted octanol–water partition coefficient (Wildman–Crippen LogP) is 4.78. The minimum Gasteiger partial charge on any atom is -0.457 e. The minimum atomic E-state index is -3.58. The maximum atomic E-state index is 12.5. The molecule has 3 aromatic rings. The van der Waals surface area contributed by atoms with E-state index in [2.05, 4.69) is 0 Å². The van der Waals surface area contributed by atoms with E-state index in [4.69, 9.17) is 4.42 Å². The third kappa shape index (κ3) is 5.01. The maximum absolute atomic E-state index is 12.5. The largest absolute Gasteiger partial charge is 0.457 e. The van der Waals surface area contributed by atoms with E-state index in [0.717, 1.165) is 0 Å². The van der Waals surface area contributed by atoms with Crippen LogP contribution in [0.3, 0.4) is 0 Å². The first-order valence-corrected chi connectivity index (χ1v) is 11.4. The number of nitro benzene ring substituents is 1. The molecule has 0 fully saturated rings. The Kier molecular flexibility index (Phi) is 7.01. The molecule has 0 saturated heterocycles. The first kappa shape index (κ1) is 23.1. The predicted molar refractivity (Wildman–Crippen MR) is 121 cm³/mol. The Morgan fingerprint density at radius 2 is 1.62 bits per heavy atom. The van der Waals surface area contributed by atoms with Crippen LogP contribution in [0.2, 0.25) is 0 Å². The molecule has 0 aliphatic heterocycles. The molecule has 0 bridgehead atoms. The Morgan fingerprint density at radius 3 is 2.19 bits per heavy atom.